The number of anilines is 1. The summed E-state index contributed by atoms with van der Waals surface area (Å²) in [6.07, 6.45) is 0.959. The fourth-order valence-electron chi connectivity index (χ4n) is 2.96. The van der Waals surface area contributed by atoms with E-state index < -0.39 is 0 Å². The molecule has 0 unspecified atom stereocenters. The summed E-state index contributed by atoms with van der Waals surface area (Å²) in [7, 11) is 0. The Balaban J connectivity index is 2.74. The summed E-state index contributed by atoms with van der Waals surface area (Å²) in [6.45, 7) is 17.4. The largest absolute Gasteiger partial charge is 0.361 e. The molecule has 0 bridgehead atoms. The maximum absolute atomic E-state index is 12.6. The van der Waals surface area contributed by atoms with Crippen molar-refractivity contribution in [3.05, 3.63) is 11.4 Å². The van der Waals surface area contributed by atoms with Crippen LogP contribution in [-0.4, -0.2) is 34.3 Å². The summed E-state index contributed by atoms with van der Waals surface area (Å²) in [4.78, 5) is 14.9. The number of rotatable bonds is 2. The lowest BCUT2D eigenvalue weighted by Gasteiger charge is -2.38. The highest BCUT2D eigenvalue weighted by Gasteiger charge is 2.37. The topological polar surface area (TPSA) is 50.2 Å². The van der Waals surface area contributed by atoms with Crippen LogP contribution in [0.5, 0.6) is 0 Å². The Morgan fingerprint density at radius 1 is 1.18 bits per heavy atom. The Morgan fingerprint density at radius 2 is 1.82 bits per heavy atom. The third-order valence-electron chi connectivity index (χ3n) is 3.99. The van der Waals surface area contributed by atoms with Crippen molar-refractivity contribution in [1.29, 1.82) is 0 Å². The van der Waals surface area contributed by atoms with Gasteiger partial charge >= 0.3 is 0 Å². The molecule has 1 aromatic heterocycles. The molecule has 0 radical (unpaired) electrons. The molecule has 2 rings (SSSR count). The zero-order valence-corrected chi connectivity index (χ0v) is 15.1. The zero-order valence-electron chi connectivity index (χ0n) is 15.1. The first-order valence-corrected chi connectivity index (χ1v) is 8.24. The summed E-state index contributed by atoms with van der Waals surface area (Å²) in [6, 6.07) is 0. The van der Waals surface area contributed by atoms with Gasteiger partial charge < -0.3 is 10.2 Å². The SMILES string of the molecule is CCCn1nc(C(C)(C)C)c2c1C(=O)NCCN2C(C)(C)C. The zero-order chi connectivity index (χ0) is 16.7. The molecule has 1 aromatic rings. The van der Waals surface area contributed by atoms with Gasteiger partial charge in [-0.15, -0.1) is 0 Å². The normalized spacial score (nSPS) is 16.3. The molecule has 124 valence electrons. The van der Waals surface area contributed by atoms with E-state index >= 15 is 0 Å². The minimum Gasteiger partial charge on any atom is -0.361 e. The number of fused-ring (bicyclic) bond motifs is 1. The number of carbonyl (C=O) groups is 1. The second-order valence-corrected chi connectivity index (χ2v) is 8.10. The third-order valence-corrected chi connectivity index (χ3v) is 3.99. The Morgan fingerprint density at radius 3 is 2.32 bits per heavy atom. The van der Waals surface area contributed by atoms with Gasteiger partial charge in [-0.3, -0.25) is 9.48 Å². The molecule has 5 nitrogen and oxygen atoms in total. The predicted octanol–water partition coefficient (Wildman–Crippen LogP) is 2.94. The quantitative estimate of drug-likeness (QED) is 0.914. The number of aryl methyl sites for hydroxylation is 1. The van der Waals surface area contributed by atoms with Crippen molar-refractivity contribution in [2.24, 2.45) is 0 Å². The first kappa shape index (κ1) is 16.8. The van der Waals surface area contributed by atoms with Gasteiger partial charge in [-0.2, -0.15) is 5.10 Å². The average molecular weight is 306 g/mol. The molecule has 1 aliphatic rings. The van der Waals surface area contributed by atoms with Crippen molar-refractivity contribution in [3.63, 3.8) is 0 Å². The lowest BCUT2D eigenvalue weighted by molar-refractivity contribution is 0.0947. The number of hydrogen-bond acceptors (Lipinski definition) is 3. The van der Waals surface area contributed by atoms with E-state index in [1.54, 1.807) is 0 Å². The summed E-state index contributed by atoms with van der Waals surface area (Å²) in [5, 5.41) is 7.85. The summed E-state index contributed by atoms with van der Waals surface area (Å²) in [5.41, 5.74) is 2.60. The molecule has 0 saturated heterocycles. The molecule has 5 heteroatoms. The van der Waals surface area contributed by atoms with Crippen LogP contribution in [0, 0.1) is 0 Å². The highest BCUT2D eigenvalue weighted by molar-refractivity contribution is 5.99. The van der Waals surface area contributed by atoms with Crippen molar-refractivity contribution < 1.29 is 4.79 Å². The molecule has 0 spiro atoms. The van der Waals surface area contributed by atoms with Gasteiger partial charge in [-0.25, -0.2) is 0 Å². The highest BCUT2D eigenvalue weighted by Crippen LogP contribution is 2.38. The first-order chi connectivity index (χ1) is 10.1. The number of hydrogen-bond donors (Lipinski definition) is 1. The number of nitrogens with one attached hydrogen (secondary N) is 1. The maximum atomic E-state index is 12.6. The van der Waals surface area contributed by atoms with Crippen LogP contribution in [0.1, 0.15) is 71.1 Å². The molecule has 0 aromatic carbocycles. The van der Waals surface area contributed by atoms with E-state index in [1.807, 2.05) is 4.68 Å². The first-order valence-electron chi connectivity index (χ1n) is 8.24. The van der Waals surface area contributed by atoms with Gasteiger partial charge in [0.15, 0.2) is 0 Å². The second-order valence-electron chi connectivity index (χ2n) is 8.10. The minimum absolute atomic E-state index is 0.00167. The van der Waals surface area contributed by atoms with Gasteiger partial charge in [0, 0.05) is 30.6 Å². The van der Waals surface area contributed by atoms with Gasteiger partial charge in [0.05, 0.1) is 11.4 Å². The fourth-order valence-corrected chi connectivity index (χ4v) is 2.96. The van der Waals surface area contributed by atoms with Crippen LogP contribution in [0.2, 0.25) is 0 Å². The van der Waals surface area contributed by atoms with Crippen LogP contribution in [0.25, 0.3) is 0 Å². The standard InChI is InChI=1S/C17H30N4O/c1-8-10-21-13-12(14(19-21)16(2,3)4)20(17(5,6)7)11-9-18-15(13)22/h8-11H2,1-7H3,(H,18,22). The van der Waals surface area contributed by atoms with Gasteiger partial charge in [0.2, 0.25) is 0 Å². The van der Waals surface area contributed by atoms with Gasteiger partial charge in [0.25, 0.3) is 5.91 Å². The molecule has 0 fully saturated rings. The average Bonchev–Trinajstić information content (AvgIpc) is 2.63. The lowest BCUT2D eigenvalue weighted by atomic mass is 9.89. The Labute approximate surface area is 134 Å². The van der Waals surface area contributed by atoms with Gasteiger partial charge in [-0.05, 0) is 27.2 Å². The van der Waals surface area contributed by atoms with Crippen molar-refractivity contribution in [1.82, 2.24) is 15.1 Å². The number of aromatic nitrogens is 2. The Hall–Kier alpha value is -1.52. The molecule has 1 amide bonds. The molecule has 2 heterocycles. The number of amides is 1. The molecule has 1 aliphatic heterocycles. The smallest absolute Gasteiger partial charge is 0.271 e. The van der Waals surface area contributed by atoms with Crippen molar-refractivity contribution in [2.45, 2.75) is 72.4 Å². The molecule has 22 heavy (non-hydrogen) atoms. The van der Waals surface area contributed by atoms with E-state index in [2.05, 4.69) is 58.7 Å². The van der Waals surface area contributed by atoms with Crippen molar-refractivity contribution >= 4 is 11.6 Å². The lowest BCUT2D eigenvalue weighted by Crippen LogP contribution is -2.44. The summed E-state index contributed by atoms with van der Waals surface area (Å²) >= 11 is 0. The monoisotopic (exact) mass is 306 g/mol. The number of carbonyl (C=O) groups excluding carboxylic acids is 1. The maximum Gasteiger partial charge on any atom is 0.271 e. The van der Waals surface area contributed by atoms with Gasteiger partial charge in [-0.1, -0.05) is 27.7 Å². The van der Waals surface area contributed by atoms with Crippen LogP contribution in [-0.2, 0) is 12.0 Å². The van der Waals surface area contributed by atoms with Crippen LogP contribution < -0.4 is 10.2 Å². The summed E-state index contributed by atoms with van der Waals surface area (Å²) in [5.74, 6) is -0.00167. The Bertz CT molecular complexity index is 560. The van der Waals surface area contributed by atoms with E-state index in [4.69, 9.17) is 5.10 Å². The van der Waals surface area contributed by atoms with Crippen molar-refractivity contribution in [2.75, 3.05) is 18.0 Å². The van der Waals surface area contributed by atoms with E-state index in [0.29, 0.717) is 6.54 Å². The van der Waals surface area contributed by atoms with E-state index in [0.717, 1.165) is 36.6 Å². The fraction of sp³-hybridized carbons (Fsp3) is 0.765. The molecular formula is C17H30N4O. The van der Waals surface area contributed by atoms with E-state index in [1.165, 1.54) is 0 Å². The van der Waals surface area contributed by atoms with Crippen molar-refractivity contribution in [3.8, 4) is 0 Å². The molecule has 0 aliphatic carbocycles. The van der Waals surface area contributed by atoms with E-state index in [9.17, 15) is 4.79 Å². The van der Waals surface area contributed by atoms with E-state index in [-0.39, 0.29) is 16.9 Å². The van der Waals surface area contributed by atoms with Crippen LogP contribution in [0.15, 0.2) is 0 Å². The third kappa shape index (κ3) is 2.99. The molecular weight excluding hydrogens is 276 g/mol. The van der Waals surface area contributed by atoms with Crippen LogP contribution in [0.4, 0.5) is 5.69 Å². The van der Waals surface area contributed by atoms with Gasteiger partial charge in [0.1, 0.15) is 5.69 Å². The van der Waals surface area contributed by atoms with Crippen LogP contribution >= 0.6 is 0 Å². The summed E-state index contributed by atoms with van der Waals surface area (Å²) < 4.78 is 1.90. The Kier molecular flexibility index (Phi) is 4.28. The number of nitrogens with zero attached hydrogens (tertiary/aromatic N) is 3. The van der Waals surface area contributed by atoms with Crippen LogP contribution in [0.3, 0.4) is 0 Å². The second kappa shape index (κ2) is 5.60. The molecule has 0 saturated carbocycles. The minimum atomic E-state index is -0.100. The predicted molar refractivity (Wildman–Crippen MR) is 90.7 cm³/mol. The highest BCUT2D eigenvalue weighted by atomic mass is 16.2. The molecule has 1 N–H and O–H groups in total. The molecule has 0 atom stereocenters.